The Kier molecular flexibility index (Phi) is 2.12. The summed E-state index contributed by atoms with van der Waals surface area (Å²) in [6.45, 7) is 2.99. The lowest BCUT2D eigenvalue weighted by molar-refractivity contribution is 0.521. The van der Waals surface area contributed by atoms with Crippen molar-refractivity contribution in [3.63, 3.8) is 0 Å². The lowest BCUT2D eigenvalue weighted by Gasteiger charge is -2.12. The van der Waals surface area contributed by atoms with Crippen molar-refractivity contribution < 1.29 is 0 Å². The quantitative estimate of drug-likeness (QED) is 0.749. The first-order valence-electron chi connectivity index (χ1n) is 5.00. The van der Waals surface area contributed by atoms with E-state index < -0.39 is 0 Å². The molecule has 1 saturated carbocycles. The summed E-state index contributed by atoms with van der Waals surface area (Å²) >= 11 is 0. The molecule has 1 nitrogen and oxygen atoms in total. The van der Waals surface area contributed by atoms with Crippen molar-refractivity contribution in [2.24, 2.45) is 11.1 Å². The number of rotatable bonds is 3. The zero-order chi connectivity index (χ0) is 9.31. The molecule has 0 aliphatic heterocycles. The number of nitrogens with two attached hydrogens (primary N) is 1. The van der Waals surface area contributed by atoms with Gasteiger partial charge in [-0.1, -0.05) is 29.8 Å². The largest absolute Gasteiger partial charge is 0.330 e. The van der Waals surface area contributed by atoms with Crippen molar-refractivity contribution in [3.8, 4) is 0 Å². The second-order valence-electron chi connectivity index (χ2n) is 4.37. The molecule has 0 spiro atoms. The molecule has 1 aliphatic rings. The Balaban J connectivity index is 2.09. The molecule has 0 amide bonds. The van der Waals surface area contributed by atoms with Crippen LogP contribution in [0.5, 0.6) is 0 Å². The second kappa shape index (κ2) is 3.15. The number of benzene rings is 1. The van der Waals surface area contributed by atoms with Crippen LogP contribution in [-0.2, 0) is 6.42 Å². The van der Waals surface area contributed by atoms with Gasteiger partial charge in [-0.25, -0.2) is 0 Å². The van der Waals surface area contributed by atoms with Crippen LogP contribution < -0.4 is 5.73 Å². The molecule has 2 N–H and O–H groups in total. The van der Waals surface area contributed by atoms with E-state index in [2.05, 4.69) is 31.2 Å². The van der Waals surface area contributed by atoms with Crippen LogP contribution in [-0.4, -0.2) is 6.54 Å². The van der Waals surface area contributed by atoms with Gasteiger partial charge in [0, 0.05) is 0 Å². The smallest absolute Gasteiger partial charge is 0.00173 e. The minimum atomic E-state index is 0.466. The molecule has 1 aromatic carbocycles. The fourth-order valence-electron chi connectivity index (χ4n) is 1.88. The summed E-state index contributed by atoms with van der Waals surface area (Å²) in [4.78, 5) is 0. The minimum absolute atomic E-state index is 0.466. The van der Waals surface area contributed by atoms with Crippen LogP contribution in [0.25, 0.3) is 0 Å². The van der Waals surface area contributed by atoms with Crippen LogP contribution in [0.4, 0.5) is 0 Å². The first-order valence-corrected chi connectivity index (χ1v) is 5.00. The van der Waals surface area contributed by atoms with Crippen LogP contribution in [0.1, 0.15) is 24.0 Å². The number of hydrogen-bond donors (Lipinski definition) is 1. The molecule has 0 bridgehead atoms. The number of hydrogen-bond acceptors (Lipinski definition) is 1. The summed E-state index contributed by atoms with van der Waals surface area (Å²) in [6, 6.07) is 8.77. The van der Waals surface area contributed by atoms with E-state index in [0.29, 0.717) is 5.41 Å². The van der Waals surface area contributed by atoms with Gasteiger partial charge in [0.15, 0.2) is 0 Å². The first-order chi connectivity index (χ1) is 6.24. The van der Waals surface area contributed by atoms with Crippen molar-refractivity contribution in [3.05, 3.63) is 35.4 Å². The van der Waals surface area contributed by atoms with E-state index in [1.165, 1.54) is 30.4 Å². The molecule has 13 heavy (non-hydrogen) atoms. The van der Waals surface area contributed by atoms with Crippen LogP contribution in [0.15, 0.2) is 24.3 Å². The third kappa shape index (κ3) is 1.92. The lowest BCUT2D eigenvalue weighted by atomic mass is 9.96. The Morgan fingerprint density at radius 3 is 2.69 bits per heavy atom. The van der Waals surface area contributed by atoms with Crippen molar-refractivity contribution in [2.75, 3.05) is 6.54 Å². The van der Waals surface area contributed by atoms with Gasteiger partial charge in [0.05, 0.1) is 0 Å². The highest BCUT2D eigenvalue weighted by atomic mass is 14.6. The van der Waals surface area contributed by atoms with Gasteiger partial charge >= 0.3 is 0 Å². The summed E-state index contributed by atoms with van der Waals surface area (Å²) in [5, 5.41) is 0. The molecule has 0 unspecified atom stereocenters. The SMILES string of the molecule is Cc1cccc(CC2(CN)CC2)c1. The minimum Gasteiger partial charge on any atom is -0.330 e. The van der Waals surface area contributed by atoms with E-state index >= 15 is 0 Å². The highest BCUT2D eigenvalue weighted by Gasteiger charge is 2.40. The monoisotopic (exact) mass is 175 g/mol. The molecule has 0 aromatic heterocycles. The van der Waals surface area contributed by atoms with Crippen molar-refractivity contribution in [2.45, 2.75) is 26.2 Å². The van der Waals surface area contributed by atoms with Gasteiger partial charge in [-0.3, -0.25) is 0 Å². The van der Waals surface area contributed by atoms with Crippen LogP contribution in [0.2, 0.25) is 0 Å². The Hall–Kier alpha value is -0.820. The Morgan fingerprint density at radius 1 is 1.38 bits per heavy atom. The van der Waals surface area contributed by atoms with Crippen LogP contribution >= 0.6 is 0 Å². The predicted molar refractivity (Wildman–Crippen MR) is 55.6 cm³/mol. The van der Waals surface area contributed by atoms with Crippen molar-refractivity contribution in [1.29, 1.82) is 0 Å². The van der Waals surface area contributed by atoms with E-state index in [-0.39, 0.29) is 0 Å². The Labute approximate surface area is 80.0 Å². The van der Waals surface area contributed by atoms with Crippen molar-refractivity contribution in [1.82, 2.24) is 0 Å². The van der Waals surface area contributed by atoms with E-state index in [0.717, 1.165) is 6.54 Å². The maximum atomic E-state index is 5.75. The molecule has 2 rings (SSSR count). The van der Waals surface area contributed by atoms with Crippen molar-refractivity contribution >= 4 is 0 Å². The molecule has 1 heteroatoms. The molecule has 0 heterocycles. The van der Waals surface area contributed by atoms with E-state index in [1.54, 1.807) is 0 Å². The Bertz CT molecular complexity index is 300. The normalized spacial score (nSPS) is 18.6. The molecule has 1 aromatic rings. The van der Waals surface area contributed by atoms with Gasteiger partial charge in [-0.05, 0) is 43.7 Å². The van der Waals surface area contributed by atoms with Gasteiger partial charge in [-0.2, -0.15) is 0 Å². The summed E-state index contributed by atoms with van der Waals surface area (Å²) in [6.07, 6.45) is 3.81. The maximum absolute atomic E-state index is 5.75. The molecule has 0 atom stereocenters. The highest BCUT2D eigenvalue weighted by molar-refractivity contribution is 5.24. The summed E-state index contributed by atoms with van der Waals surface area (Å²) < 4.78 is 0. The predicted octanol–water partition coefficient (Wildman–Crippen LogP) is 2.28. The average molecular weight is 175 g/mol. The molecular formula is C12H17N. The fourth-order valence-corrected chi connectivity index (χ4v) is 1.88. The third-order valence-corrected chi connectivity index (χ3v) is 3.05. The highest BCUT2D eigenvalue weighted by Crippen LogP contribution is 2.47. The number of aryl methyl sites for hydroxylation is 1. The van der Waals surface area contributed by atoms with E-state index in [4.69, 9.17) is 5.73 Å². The molecule has 0 saturated heterocycles. The second-order valence-corrected chi connectivity index (χ2v) is 4.37. The van der Waals surface area contributed by atoms with Gasteiger partial charge in [0.1, 0.15) is 0 Å². The molecule has 1 fully saturated rings. The van der Waals surface area contributed by atoms with Crippen LogP contribution in [0.3, 0.4) is 0 Å². The van der Waals surface area contributed by atoms with E-state index in [9.17, 15) is 0 Å². The molecular weight excluding hydrogens is 158 g/mol. The van der Waals surface area contributed by atoms with Gasteiger partial charge in [0.2, 0.25) is 0 Å². The van der Waals surface area contributed by atoms with Crippen LogP contribution in [0, 0.1) is 12.3 Å². The fraction of sp³-hybridized carbons (Fsp3) is 0.500. The van der Waals surface area contributed by atoms with E-state index in [1.807, 2.05) is 0 Å². The first kappa shape index (κ1) is 8.76. The Morgan fingerprint density at radius 2 is 2.15 bits per heavy atom. The standard InChI is InChI=1S/C12H17N/c1-10-3-2-4-11(7-10)8-12(9-13)5-6-12/h2-4,7H,5-6,8-9,13H2,1H3. The van der Waals surface area contributed by atoms with Gasteiger partial charge in [0.25, 0.3) is 0 Å². The molecule has 0 radical (unpaired) electrons. The average Bonchev–Trinajstić information content (AvgIpc) is 2.86. The lowest BCUT2D eigenvalue weighted by Crippen LogP contribution is -2.17. The molecule has 1 aliphatic carbocycles. The third-order valence-electron chi connectivity index (χ3n) is 3.05. The zero-order valence-electron chi connectivity index (χ0n) is 8.22. The summed E-state index contributed by atoms with van der Waals surface area (Å²) in [7, 11) is 0. The summed E-state index contributed by atoms with van der Waals surface area (Å²) in [5.41, 5.74) is 9.02. The maximum Gasteiger partial charge on any atom is -0.00173 e. The topological polar surface area (TPSA) is 26.0 Å². The summed E-state index contributed by atoms with van der Waals surface area (Å²) in [5.74, 6) is 0. The zero-order valence-corrected chi connectivity index (χ0v) is 8.22. The van der Waals surface area contributed by atoms with Gasteiger partial charge < -0.3 is 5.73 Å². The van der Waals surface area contributed by atoms with Gasteiger partial charge in [-0.15, -0.1) is 0 Å². The molecule has 70 valence electrons.